The van der Waals surface area contributed by atoms with Crippen LogP contribution >= 0.6 is 22.9 Å². The number of morpholine rings is 1. The van der Waals surface area contributed by atoms with E-state index < -0.39 is 0 Å². The van der Waals surface area contributed by atoms with E-state index in [4.69, 9.17) is 16.3 Å². The number of carbonyl (C=O) groups excluding carboxylic acids is 1. The third kappa shape index (κ3) is 4.36. The Kier molecular flexibility index (Phi) is 6.68. The van der Waals surface area contributed by atoms with E-state index in [1.54, 1.807) is 23.1 Å². The highest BCUT2D eigenvalue weighted by Crippen LogP contribution is 2.11. The average molecular weight is 418 g/mol. The monoisotopic (exact) mass is 417 g/mol. The standard InChI is InChI=1S/C20H20ClN3O3S/c1-2-6-24-19(26)17(12-14-4-3-5-15(21)11-14)28-20(24)16(13-22)18(25)23-7-9-27-10-8-23/h3-5,11-12H,2,6-10H2,1H3. The summed E-state index contributed by atoms with van der Waals surface area (Å²) in [5.74, 6) is -0.355. The molecule has 0 N–H and O–H groups in total. The number of nitriles is 1. The lowest BCUT2D eigenvalue weighted by atomic mass is 10.2. The van der Waals surface area contributed by atoms with Gasteiger partial charge in [0.25, 0.3) is 11.5 Å². The maximum atomic E-state index is 12.9. The van der Waals surface area contributed by atoms with Crippen molar-refractivity contribution in [2.75, 3.05) is 26.3 Å². The van der Waals surface area contributed by atoms with Crippen molar-refractivity contribution < 1.29 is 9.53 Å². The quantitative estimate of drug-likeness (QED) is 0.752. The summed E-state index contributed by atoms with van der Waals surface area (Å²) < 4.78 is 7.67. The molecular formula is C20H20ClN3O3S. The van der Waals surface area contributed by atoms with E-state index in [1.165, 1.54) is 15.9 Å². The predicted octanol–water partition coefficient (Wildman–Crippen LogP) is 1.34. The third-order valence-corrected chi connectivity index (χ3v) is 5.70. The average Bonchev–Trinajstić information content (AvgIpc) is 2.99. The molecule has 28 heavy (non-hydrogen) atoms. The number of amides is 1. The van der Waals surface area contributed by atoms with E-state index in [0.29, 0.717) is 53.5 Å². The molecule has 1 saturated heterocycles. The molecule has 0 bridgehead atoms. The molecule has 1 aliphatic rings. The van der Waals surface area contributed by atoms with Crippen LogP contribution in [0.25, 0.3) is 11.6 Å². The molecule has 2 heterocycles. The molecule has 1 amide bonds. The van der Waals surface area contributed by atoms with Gasteiger partial charge in [0.15, 0.2) is 5.57 Å². The molecule has 1 aromatic heterocycles. The fourth-order valence-electron chi connectivity index (χ4n) is 2.99. The number of thiazole rings is 1. The third-order valence-electron chi connectivity index (χ3n) is 4.34. The van der Waals surface area contributed by atoms with Crippen molar-refractivity contribution in [1.29, 1.82) is 5.26 Å². The van der Waals surface area contributed by atoms with Crippen molar-refractivity contribution in [3.8, 4) is 6.07 Å². The molecule has 0 radical (unpaired) electrons. The Balaban J connectivity index is 2.18. The topological polar surface area (TPSA) is 75.3 Å². The van der Waals surface area contributed by atoms with Crippen LogP contribution in [0.15, 0.2) is 29.1 Å². The van der Waals surface area contributed by atoms with Gasteiger partial charge < -0.3 is 9.64 Å². The Morgan fingerprint density at radius 3 is 2.79 bits per heavy atom. The molecule has 0 aliphatic carbocycles. The zero-order chi connectivity index (χ0) is 20.1. The van der Waals surface area contributed by atoms with Crippen molar-refractivity contribution in [3.05, 3.63) is 54.4 Å². The molecule has 0 spiro atoms. The van der Waals surface area contributed by atoms with Crippen molar-refractivity contribution in [2.24, 2.45) is 0 Å². The van der Waals surface area contributed by atoms with Crippen molar-refractivity contribution in [2.45, 2.75) is 19.9 Å². The number of carbonyl (C=O) groups is 1. The Hall–Kier alpha value is -2.40. The zero-order valence-electron chi connectivity index (χ0n) is 15.5. The maximum absolute atomic E-state index is 12.9. The normalized spacial score (nSPS) is 16.0. The minimum Gasteiger partial charge on any atom is -0.378 e. The summed E-state index contributed by atoms with van der Waals surface area (Å²) >= 11 is 7.20. The second kappa shape index (κ2) is 9.20. The summed E-state index contributed by atoms with van der Waals surface area (Å²) in [5.41, 5.74) is 0.589. The fourth-order valence-corrected chi connectivity index (χ4v) is 4.31. The number of nitrogens with zero attached hydrogens (tertiary/aromatic N) is 3. The van der Waals surface area contributed by atoms with Crippen LogP contribution in [-0.2, 0) is 16.1 Å². The first kappa shape index (κ1) is 20.3. The zero-order valence-corrected chi connectivity index (χ0v) is 17.1. The van der Waals surface area contributed by atoms with E-state index in [1.807, 2.05) is 25.1 Å². The summed E-state index contributed by atoms with van der Waals surface area (Å²) in [6.45, 7) is 4.17. The van der Waals surface area contributed by atoms with Gasteiger partial charge in [0.2, 0.25) is 0 Å². The number of aromatic nitrogens is 1. The van der Waals surface area contributed by atoms with Gasteiger partial charge in [-0.25, -0.2) is 0 Å². The highest BCUT2D eigenvalue weighted by Gasteiger charge is 2.23. The van der Waals surface area contributed by atoms with Crippen LogP contribution in [0.5, 0.6) is 0 Å². The van der Waals surface area contributed by atoms with E-state index in [0.717, 1.165) is 5.56 Å². The number of rotatable bonds is 4. The second-order valence-electron chi connectivity index (χ2n) is 6.32. The molecule has 0 atom stereocenters. The highest BCUT2D eigenvalue weighted by molar-refractivity contribution is 7.07. The second-order valence-corrected chi connectivity index (χ2v) is 7.79. The number of benzene rings is 1. The van der Waals surface area contributed by atoms with Crippen LogP contribution in [0.1, 0.15) is 18.9 Å². The lowest BCUT2D eigenvalue weighted by molar-refractivity contribution is -0.128. The summed E-state index contributed by atoms with van der Waals surface area (Å²) in [6.07, 6.45) is 2.45. The summed E-state index contributed by atoms with van der Waals surface area (Å²) in [5, 5.41) is 10.3. The Labute approximate surface area is 171 Å². The van der Waals surface area contributed by atoms with Gasteiger partial charge in [-0.2, -0.15) is 5.26 Å². The SMILES string of the molecule is CCCn1c(=C(C#N)C(=O)N2CCOCC2)sc(=Cc2cccc(Cl)c2)c1=O. The van der Waals surface area contributed by atoms with Crippen LogP contribution in [0.4, 0.5) is 0 Å². The van der Waals surface area contributed by atoms with Gasteiger partial charge in [0, 0.05) is 24.7 Å². The van der Waals surface area contributed by atoms with Crippen LogP contribution in [0, 0.1) is 11.3 Å². The van der Waals surface area contributed by atoms with Gasteiger partial charge in [0.1, 0.15) is 10.7 Å². The van der Waals surface area contributed by atoms with Gasteiger partial charge >= 0.3 is 0 Å². The lowest BCUT2D eigenvalue weighted by Crippen LogP contribution is -2.42. The molecule has 3 rings (SSSR count). The number of hydrogen-bond donors (Lipinski definition) is 0. The van der Waals surface area contributed by atoms with Crippen molar-refractivity contribution >= 4 is 40.5 Å². The van der Waals surface area contributed by atoms with Gasteiger partial charge in [-0.05, 0) is 30.2 Å². The van der Waals surface area contributed by atoms with Crippen molar-refractivity contribution in [3.63, 3.8) is 0 Å². The summed E-state index contributed by atoms with van der Waals surface area (Å²) in [6, 6.07) is 9.21. The first-order valence-electron chi connectivity index (χ1n) is 9.03. The predicted molar refractivity (Wildman–Crippen MR) is 110 cm³/mol. The van der Waals surface area contributed by atoms with E-state index in [9.17, 15) is 14.9 Å². The Bertz CT molecular complexity index is 1090. The van der Waals surface area contributed by atoms with Gasteiger partial charge in [-0.1, -0.05) is 30.7 Å². The fraction of sp³-hybridized carbons (Fsp3) is 0.350. The van der Waals surface area contributed by atoms with Crippen molar-refractivity contribution in [1.82, 2.24) is 9.47 Å². The molecule has 1 fully saturated rings. The maximum Gasteiger partial charge on any atom is 0.269 e. The van der Waals surface area contributed by atoms with Gasteiger partial charge in [0.05, 0.1) is 17.7 Å². The summed E-state index contributed by atoms with van der Waals surface area (Å²) in [4.78, 5) is 27.4. The van der Waals surface area contributed by atoms with Crippen LogP contribution in [0.2, 0.25) is 5.02 Å². The molecule has 8 heteroatoms. The molecule has 2 aromatic rings. The Morgan fingerprint density at radius 2 is 2.14 bits per heavy atom. The van der Waals surface area contributed by atoms with Crippen LogP contribution in [-0.4, -0.2) is 41.7 Å². The number of halogens is 1. The minimum absolute atomic E-state index is 0.00296. The van der Waals surface area contributed by atoms with E-state index in [-0.39, 0.29) is 17.0 Å². The van der Waals surface area contributed by atoms with Gasteiger partial charge in [-0.3, -0.25) is 14.2 Å². The summed E-state index contributed by atoms with van der Waals surface area (Å²) in [7, 11) is 0. The number of hydrogen-bond acceptors (Lipinski definition) is 5. The molecule has 0 saturated carbocycles. The minimum atomic E-state index is -0.355. The van der Waals surface area contributed by atoms with Gasteiger partial charge in [-0.15, -0.1) is 11.3 Å². The molecule has 1 aliphatic heterocycles. The largest absolute Gasteiger partial charge is 0.378 e. The molecule has 146 valence electrons. The van der Waals surface area contributed by atoms with E-state index >= 15 is 0 Å². The lowest BCUT2D eigenvalue weighted by Gasteiger charge is -2.26. The molecule has 0 unspecified atom stereocenters. The van der Waals surface area contributed by atoms with E-state index in [2.05, 4.69) is 0 Å². The molecule has 6 nitrogen and oxygen atoms in total. The smallest absolute Gasteiger partial charge is 0.269 e. The first-order valence-corrected chi connectivity index (χ1v) is 10.2. The van der Waals surface area contributed by atoms with Crippen LogP contribution < -0.4 is 14.8 Å². The first-order chi connectivity index (χ1) is 13.5. The molecular weight excluding hydrogens is 398 g/mol. The Morgan fingerprint density at radius 1 is 1.39 bits per heavy atom. The number of ether oxygens (including phenoxy) is 1. The molecule has 1 aromatic carbocycles. The van der Waals surface area contributed by atoms with Crippen LogP contribution in [0.3, 0.4) is 0 Å². The highest BCUT2D eigenvalue weighted by atomic mass is 35.5.